The normalized spacial score (nSPS) is 10.3. The highest BCUT2D eigenvalue weighted by molar-refractivity contribution is 6.01. The lowest BCUT2D eigenvalue weighted by molar-refractivity contribution is -0.119. The van der Waals surface area contributed by atoms with Gasteiger partial charge in [-0.05, 0) is 42.0 Å². The van der Waals surface area contributed by atoms with Gasteiger partial charge >= 0.3 is 6.03 Å². The highest BCUT2D eigenvalue weighted by Gasteiger charge is 2.13. The minimum absolute atomic E-state index is 0. The second kappa shape index (κ2) is 9.88. The van der Waals surface area contributed by atoms with E-state index in [9.17, 15) is 18.4 Å². The maximum Gasteiger partial charge on any atom is 0.325 e. The van der Waals surface area contributed by atoms with Crippen molar-refractivity contribution < 1.29 is 23.1 Å². The van der Waals surface area contributed by atoms with Crippen LogP contribution in [0.25, 0.3) is 11.0 Å². The molecule has 2 aromatic heterocycles. The lowest BCUT2D eigenvalue weighted by atomic mass is 10.1. The average molecular weight is 459 g/mol. The highest BCUT2D eigenvalue weighted by atomic mass is 35.5. The molecule has 0 spiro atoms. The molecule has 4 aromatic rings. The van der Waals surface area contributed by atoms with Gasteiger partial charge in [-0.3, -0.25) is 10.1 Å². The molecular weight excluding hydrogens is 442 g/mol. The molecule has 2 heterocycles. The molecule has 3 amide bonds. The lowest BCUT2D eigenvalue weighted by Gasteiger charge is -2.10. The molecule has 3 N–H and O–H groups in total. The number of carbonyl (C=O) groups excluding carboxylic acids is 2. The number of halogens is 3. The second-order valence-corrected chi connectivity index (χ2v) is 6.60. The average Bonchev–Trinajstić information content (AvgIpc) is 3.21. The van der Waals surface area contributed by atoms with Gasteiger partial charge in [-0.2, -0.15) is 0 Å². The summed E-state index contributed by atoms with van der Waals surface area (Å²) in [5.74, 6) is -1.31. The molecule has 32 heavy (non-hydrogen) atoms. The van der Waals surface area contributed by atoms with Crippen LogP contribution in [0, 0.1) is 11.6 Å². The fraction of sp³-hybridized carbons (Fsp3) is 0.0455. The Kier molecular flexibility index (Phi) is 7.01. The van der Waals surface area contributed by atoms with Crippen LogP contribution in [0.2, 0.25) is 0 Å². The van der Waals surface area contributed by atoms with E-state index in [0.717, 1.165) is 6.07 Å². The summed E-state index contributed by atoms with van der Waals surface area (Å²) < 4.78 is 33.0. The van der Waals surface area contributed by atoms with Crippen molar-refractivity contribution >= 4 is 41.1 Å². The predicted octanol–water partition coefficient (Wildman–Crippen LogP) is 4.95. The summed E-state index contributed by atoms with van der Waals surface area (Å²) in [4.78, 5) is 31.0. The number of nitrogens with one attached hydrogen (secondary N) is 3. The van der Waals surface area contributed by atoms with Crippen LogP contribution < -0.4 is 15.4 Å². The summed E-state index contributed by atoms with van der Waals surface area (Å²) in [7, 11) is 0. The van der Waals surface area contributed by atoms with Crippen LogP contribution in [0.3, 0.4) is 0 Å². The fourth-order valence-electron chi connectivity index (χ4n) is 2.93. The van der Waals surface area contributed by atoms with Crippen molar-refractivity contribution in [2.75, 3.05) is 5.32 Å². The third-order valence-corrected chi connectivity index (χ3v) is 4.36. The number of aromatic nitrogens is 2. The molecule has 0 fully saturated rings. The molecule has 4 rings (SSSR count). The molecule has 0 bridgehead atoms. The number of imide groups is 1. The van der Waals surface area contributed by atoms with Gasteiger partial charge in [0.15, 0.2) is 11.6 Å². The number of anilines is 1. The molecule has 10 heteroatoms. The van der Waals surface area contributed by atoms with Gasteiger partial charge in [-0.15, -0.1) is 12.4 Å². The van der Waals surface area contributed by atoms with Crippen molar-refractivity contribution in [3.05, 3.63) is 84.2 Å². The number of ether oxygens (including phenoxy) is 1. The number of fused-ring (bicyclic) bond motifs is 1. The van der Waals surface area contributed by atoms with Gasteiger partial charge in [0.1, 0.15) is 17.2 Å². The monoisotopic (exact) mass is 458 g/mol. The zero-order valence-corrected chi connectivity index (χ0v) is 17.2. The number of hydrogen-bond donors (Lipinski definition) is 3. The molecular formula is C22H17ClF2N4O3. The zero-order valence-electron chi connectivity index (χ0n) is 16.4. The zero-order chi connectivity index (χ0) is 21.8. The number of rotatable bonds is 5. The van der Waals surface area contributed by atoms with E-state index in [2.05, 4.69) is 20.6 Å². The standard InChI is InChI=1S/C22H16F2N4O3.ClH/c23-14-3-1-13(2-4-14)11-20(29)28-22(30)27-15-5-6-19(17(24)12-15)31-18-8-10-26-21-16(18)7-9-25-21;/h1-10,12H,11H2,(H,25,26)(H2,27,28,29,30);1H. The Bertz CT molecular complexity index is 1260. The topological polar surface area (TPSA) is 96.1 Å². The lowest BCUT2D eigenvalue weighted by Crippen LogP contribution is -2.35. The molecule has 0 atom stereocenters. The van der Waals surface area contributed by atoms with E-state index in [1.54, 1.807) is 18.3 Å². The molecule has 0 saturated heterocycles. The Morgan fingerprint density at radius 3 is 2.53 bits per heavy atom. The Balaban J connectivity index is 0.00000289. The number of nitrogens with zero attached hydrogens (tertiary/aromatic N) is 1. The van der Waals surface area contributed by atoms with Gasteiger partial charge in [0.05, 0.1) is 11.8 Å². The van der Waals surface area contributed by atoms with Crippen LogP contribution in [0.15, 0.2) is 67.0 Å². The first kappa shape index (κ1) is 22.7. The number of amides is 3. The molecule has 0 saturated carbocycles. The van der Waals surface area contributed by atoms with Crippen molar-refractivity contribution in [3.8, 4) is 11.5 Å². The van der Waals surface area contributed by atoms with Crippen LogP contribution in [-0.4, -0.2) is 21.9 Å². The number of aromatic amines is 1. The molecule has 0 unspecified atom stereocenters. The summed E-state index contributed by atoms with van der Waals surface area (Å²) in [5.41, 5.74) is 1.29. The highest BCUT2D eigenvalue weighted by Crippen LogP contribution is 2.31. The van der Waals surface area contributed by atoms with Crippen LogP contribution in [0.4, 0.5) is 19.3 Å². The Hall–Kier alpha value is -3.98. The van der Waals surface area contributed by atoms with Crippen LogP contribution in [0.5, 0.6) is 11.5 Å². The molecule has 0 radical (unpaired) electrons. The van der Waals surface area contributed by atoms with Gasteiger partial charge in [0.2, 0.25) is 5.91 Å². The van der Waals surface area contributed by atoms with Crippen molar-refractivity contribution in [1.82, 2.24) is 15.3 Å². The Morgan fingerprint density at radius 2 is 1.78 bits per heavy atom. The molecule has 0 aliphatic carbocycles. The third kappa shape index (κ3) is 5.38. The van der Waals surface area contributed by atoms with Crippen LogP contribution in [-0.2, 0) is 11.2 Å². The number of carbonyl (C=O) groups is 2. The van der Waals surface area contributed by atoms with E-state index >= 15 is 0 Å². The van der Waals surface area contributed by atoms with Gasteiger partial charge in [-0.1, -0.05) is 12.1 Å². The number of urea groups is 1. The largest absolute Gasteiger partial charge is 0.453 e. The summed E-state index contributed by atoms with van der Waals surface area (Å²) in [6.45, 7) is 0. The first-order valence-electron chi connectivity index (χ1n) is 9.23. The van der Waals surface area contributed by atoms with Crippen LogP contribution >= 0.6 is 12.4 Å². The maximum absolute atomic E-state index is 14.5. The second-order valence-electron chi connectivity index (χ2n) is 6.60. The van der Waals surface area contributed by atoms with E-state index in [1.165, 1.54) is 42.6 Å². The van der Waals surface area contributed by atoms with E-state index in [-0.39, 0.29) is 30.3 Å². The van der Waals surface area contributed by atoms with Crippen molar-refractivity contribution in [1.29, 1.82) is 0 Å². The van der Waals surface area contributed by atoms with Gasteiger partial charge in [0.25, 0.3) is 0 Å². The van der Waals surface area contributed by atoms with Crippen molar-refractivity contribution in [3.63, 3.8) is 0 Å². The molecule has 2 aromatic carbocycles. The quantitative estimate of drug-likeness (QED) is 0.394. The van der Waals surface area contributed by atoms with Crippen molar-refractivity contribution in [2.45, 2.75) is 6.42 Å². The van der Waals surface area contributed by atoms with E-state index < -0.39 is 23.6 Å². The van der Waals surface area contributed by atoms with E-state index in [1.807, 2.05) is 0 Å². The van der Waals surface area contributed by atoms with Gasteiger partial charge in [0, 0.05) is 24.1 Å². The number of H-pyrrole nitrogens is 1. The first-order chi connectivity index (χ1) is 15.0. The molecule has 0 aliphatic rings. The number of pyridine rings is 1. The number of benzene rings is 2. The SMILES string of the molecule is Cl.O=C(Cc1ccc(F)cc1)NC(=O)Nc1ccc(Oc2ccnc3[nH]ccc23)c(F)c1. The van der Waals surface area contributed by atoms with Gasteiger partial charge in [-0.25, -0.2) is 18.6 Å². The molecule has 0 aliphatic heterocycles. The Morgan fingerprint density at radius 1 is 1.00 bits per heavy atom. The van der Waals surface area contributed by atoms with E-state index in [0.29, 0.717) is 22.3 Å². The predicted molar refractivity (Wildman–Crippen MR) is 117 cm³/mol. The minimum Gasteiger partial charge on any atom is -0.453 e. The maximum atomic E-state index is 14.5. The summed E-state index contributed by atoms with van der Waals surface area (Å²) >= 11 is 0. The van der Waals surface area contributed by atoms with Crippen molar-refractivity contribution in [2.24, 2.45) is 0 Å². The molecule has 7 nitrogen and oxygen atoms in total. The summed E-state index contributed by atoms with van der Waals surface area (Å²) in [6.07, 6.45) is 3.13. The Labute approximate surface area is 187 Å². The summed E-state index contributed by atoms with van der Waals surface area (Å²) in [5, 5.41) is 5.22. The molecule has 164 valence electrons. The fourth-order valence-corrected chi connectivity index (χ4v) is 2.93. The van der Waals surface area contributed by atoms with E-state index in [4.69, 9.17) is 4.74 Å². The number of hydrogen-bond acceptors (Lipinski definition) is 4. The first-order valence-corrected chi connectivity index (χ1v) is 9.23. The van der Waals surface area contributed by atoms with Crippen LogP contribution in [0.1, 0.15) is 5.56 Å². The third-order valence-electron chi connectivity index (χ3n) is 4.36. The minimum atomic E-state index is -0.816. The van der Waals surface area contributed by atoms with Gasteiger partial charge < -0.3 is 15.0 Å². The smallest absolute Gasteiger partial charge is 0.325 e. The summed E-state index contributed by atoms with van der Waals surface area (Å²) in [6, 6.07) is 11.8.